The molecule has 0 N–H and O–H groups in total. The first-order valence-corrected chi connectivity index (χ1v) is 8.08. The van der Waals surface area contributed by atoms with Gasteiger partial charge in [0.05, 0.1) is 0 Å². The zero-order chi connectivity index (χ0) is 9.19. The average molecular weight is 183 g/mol. The maximum atomic E-state index is 2.71. The second-order valence-electron chi connectivity index (χ2n) is 4.60. The lowest BCUT2D eigenvalue weighted by Crippen LogP contribution is -2.42. The van der Waals surface area contributed by atoms with Crippen LogP contribution in [-0.4, -0.2) is 25.9 Å². The van der Waals surface area contributed by atoms with Crippen LogP contribution in [0.25, 0.3) is 0 Å². The zero-order valence-corrected chi connectivity index (χ0v) is 9.80. The number of nitrogens with zero attached hydrogens (tertiary/aromatic N) is 1. The summed E-state index contributed by atoms with van der Waals surface area (Å²) in [6, 6.07) is 1.48. The van der Waals surface area contributed by atoms with Crippen molar-refractivity contribution in [1.29, 1.82) is 0 Å². The van der Waals surface area contributed by atoms with Crippen molar-refractivity contribution < 1.29 is 0 Å². The van der Waals surface area contributed by atoms with Crippen LogP contribution in [-0.2, 0) is 0 Å². The molecule has 12 heavy (non-hydrogen) atoms. The van der Waals surface area contributed by atoms with Crippen LogP contribution in [0, 0.1) is 5.92 Å². The molecule has 0 radical (unpaired) electrons. The Labute approximate surface area is 77.5 Å². The summed E-state index contributed by atoms with van der Waals surface area (Å²) in [6.45, 7) is 12.0. The largest absolute Gasteiger partial charge is 0.320 e. The molecule has 0 saturated carbocycles. The molecule has 0 aromatic rings. The molecule has 1 atom stereocenters. The molecule has 0 aromatic heterocycles. The summed E-state index contributed by atoms with van der Waals surface area (Å²) < 4.78 is 2.71. The molecule has 0 amide bonds. The minimum Gasteiger partial charge on any atom is -0.320 e. The van der Waals surface area contributed by atoms with E-state index in [0.29, 0.717) is 0 Å². The van der Waals surface area contributed by atoms with E-state index >= 15 is 0 Å². The zero-order valence-electron chi connectivity index (χ0n) is 8.80. The molecule has 1 unspecified atom stereocenters. The first-order valence-electron chi connectivity index (χ1n) is 4.92. The van der Waals surface area contributed by atoms with Crippen molar-refractivity contribution in [3.8, 4) is 0 Å². The molecule has 1 aliphatic heterocycles. The van der Waals surface area contributed by atoms with E-state index in [0.717, 1.165) is 5.92 Å². The number of allylic oxidation sites excluding steroid dienone is 1. The van der Waals surface area contributed by atoms with Gasteiger partial charge in [0.15, 0.2) is 0 Å². The molecule has 2 heteroatoms. The van der Waals surface area contributed by atoms with E-state index in [2.05, 4.69) is 43.7 Å². The van der Waals surface area contributed by atoms with E-state index in [1.54, 1.807) is 0 Å². The SMILES string of the molecule is CC=CCN1CC(C)C[Si]1(C)C. The average Bonchev–Trinajstić information content (AvgIpc) is 2.20. The third-order valence-corrected chi connectivity index (χ3v) is 6.57. The van der Waals surface area contributed by atoms with Gasteiger partial charge >= 0.3 is 0 Å². The van der Waals surface area contributed by atoms with Gasteiger partial charge in [-0.2, -0.15) is 0 Å². The number of rotatable bonds is 2. The molecular weight excluding hydrogens is 162 g/mol. The fourth-order valence-electron chi connectivity index (χ4n) is 2.22. The van der Waals surface area contributed by atoms with Crippen molar-refractivity contribution in [2.24, 2.45) is 5.92 Å². The fourth-order valence-corrected chi connectivity index (χ4v) is 5.72. The highest BCUT2D eigenvalue weighted by Crippen LogP contribution is 2.29. The lowest BCUT2D eigenvalue weighted by atomic mass is 10.2. The van der Waals surface area contributed by atoms with E-state index in [4.69, 9.17) is 0 Å². The van der Waals surface area contributed by atoms with E-state index < -0.39 is 8.24 Å². The van der Waals surface area contributed by atoms with E-state index in [9.17, 15) is 0 Å². The molecule has 0 spiro atoms. The lowest BCUT2D eigenvalue weighted by molar-refractivity contribution is 0.454. The summed E-state index contributed by atoms with van der Waals surface area (Å²) in [6.07, 6.45) is 4.44. The maximum Gasteiger partial charge on any atom is 0.122 e. The van der Waals surface area contributed by atoms with Gasteiger partial charge in [-0.05, 0) is 25.4 Å². The second kappa shape index (κ2) is 3.75. The molecule has 1 nitrogen and oxygen atoms in total. The third-order valence-electron chi connectivity index (χ3n) is 2.80. The molecule has 1 aliphatic rings. The van der Waals surface area contributed by atoms with Gasteiger partial charge in [0.25, 0.3) is 0 Å². The lowest BCUT2D eigenvalue weighted by Gasteiger charge is -2.28. The molecule has 0 aromatic carbocycles. The minimum atomic E-state index is -0.988. The Bertz CT molecular complexity index is 175. The van der Waals surface area contributed by atoms with Gasteiger partial charge in [-0.1, -0.05) is 32.2 Å². The van der Waals surface area contributed by atoms with Crippen molar-refractivity contribution in [1.82, 2.24) is 4.57 Å². The normalized spacial score (nSPS) is 30.2. The van der Waals surface area contributed by atoms with Crippen LogP contribution in [0.1, 0.15) is 13.8 Å². The molecule has 1 saturated heterocycles. The molecular formula is C10H21NSi. The Morgan fingerprint density at radius 1 is 1.50 bits per heavy atom. The van der Waals surface area contributed by atoms with Crippen molar-refractivity contribution in [3.05, 3.63) is 12.2 Å². The van der Waals surface area contributed by atoms with Crippen LogP contribution < -0.4 is 0 Å². The number of hydrogen-bond acceptors (Lipinski definition) is 1. The van der Waals surface area contributed by atoms with Gasteiger partial charge < -0.3 is 4.57 Å². The van der Waals surface area contributed by atoms with Crippen LogP contribution in [0.3, 0.4) is 0 Å². The van der Waals surface area contributed by atoms with Crippen molar-refractivity contribution >= 4 is 8.24 Å². The summed E-state index contributed by atoms with van der Waals surface area (Å²) in [5.74, 6) is 0.928. The fraction of sp³-hybridized carbons (Fsp3) is 0.800. The molecule has 1 fully saturated rings. The molecule has 0 bridgehead atoms. The predicted molar refractivity (Wildman–Crippen MR) is 57.8 cm³/mol. The number of hydrogen-bond donors (Lipinski definition) is 0. The highest BCUT2D eigenvalue weighted by molar-refractivity contribution is 6.75. The van der Waals surface area contributed by atoms with Gasteiger partial charge in [-0.25, -0.2) is 0 Å². The Morgan fingerprint density at radius 2 is 2.17 bits per heavy atom. The highest BCUT2D eigenvalue weighted by Gasteiger charge is 2.37. The van der Waals surface area contributed by atoms with Gasteiger partial charge in [-0.15, -0.1) is 0 Å². The standard InChI is InChI=1S/C10H21NSi/c1-5-6-7-11-8-10(2)9-12(11,3)4/h5-6,10H,7-9H2,1-4H3. The quantitative estimate of drug-likeness (QED) is 0.470. The summed E-state index contributed by atoms with van der Waals surface area (Å²) >= 11 is 0. The summed E-state index contributed by atoms with van der Waals surface area (Å²) in [4.78, 5) is 0. The van der Waals surface area contributed by atoms with Crippen LogP contribution in [0.4, 0.5) is 0 Å². The molecule has 70 valence electrons. The van der Waals surface area contributed by atoms with Gasteiger partial charge in [0, 0.05) is 6.54 Å². The van der Waals surface area contributed by atoms with Crippen LogP contribution in [0.5, 0.6) is 0 Å². The van der Waals surface area contributed by atoms with Gasteiger partial charge in [0.2, 0.25) is 0 Å². The third kappa shape index (κ3) is 2.20. The summed E-state index contributed by atoms with van der Waals surface area (Å²) in [5, 5.41) is 0. The Balaban J connectivity index is 2.53. The Kier molecular flexibility index (Phi) is 3.13. The monoisotopic (exact) mass is 183 g/mol. The van der Waals surface area contributed by atoms with Crippen molar-refractivity contribution in [3.63, 3.8) is 0 Å². The van der Waals surface area contributed by atoms with Crippen LogP contribution in [0.2, 0.25) is 19.1 Å². The highest BCUT2D eigenvalue weighted by atomic mass is 28.3. The smallest absolute Gasteiger partial charge is 0.122 e. The molecule has 1 heterocycles. The Morgan fingerprint density at radius 3 is 2.58 bits per heavy atom. The van der Waals surface area contributed by atoms with E-state index in [1.165, 1.54) is 19.1 Å². The maximum absolute atomic E-state index is 2.71. The first kappa shape index (κ1) is 10.0. The Hall–Kier alpha value is -0.0831. The van der Waals surface area contributed by atoms with Crippen LogP contribution >= 0.6 is 0 Å². The van der Waals surface area contributed by atoms with Crippen molar-refractivity contribution in [2.45, 2.75) is 33.0 Å². The van der Waals surface area contributed by atoms with Crippen molar-refractivity contribution in [2.75, 3.05) is 13.1 Å². The van der Waals surface area contributed by atoms with E-state index in [-0.39, 0.29) is 0 Å². The van der Waals surface area contributed by atoms with Crippen LogP contribution in [0.15, 0.2) is 12.2 Å². The molecule has 1 rings (SSSR count). The van der Waals surface area contributed by atoms with E-state index in [1.807, 2.05) is 0 Å². The first-order chi connectivity index (χ1) is 5.56. The summed E-state index contributed by atoms with van der Waals surface area (Å²) in [7, 11) is -0.988. The summed E-state index contributed by atoms with van der Waals surface area (Å²) in [5.41, 5.74) is 0. The second-order valence-corrected chi connectivity index (χ2v) is 9.26. The topological polar surface area (TPSA) is 3.24 Å². The predicted octanol–water partition coefficient (Wildman–Crippen LogP) is 2.72. The molecule has 0 aliphatic carbocycles. The van der Waals surface area contributed by atoms with Gasteiger partial charge in [0.1, 0.15) is 8.24 Å². The minimum absolute atomic E-state index is 0.928. The van der Waals surface area contributed by atoms with Gasteiger partial charge in [-0.3, -0.25) is 0 Å².